The Bertz CT molecular complexity index is 611. The van der Waals surface area contributed by atoms with Gasteiger partial charge in [-0.05, 0) is 34.1 Å². The molecule has 0 aliphatic rings. The average molecular weight is 348 g/mol. The van der Waals surface area contributed by atoms with Crippen LogP contribution in [-0.2, 0) is 12.7 Å². The van der Waals surface area contributed by atoms with Crippen molar-refractivity contribution in [2.45, 2.75) is 12.7 Å². The summed E-state index contributed by atoms with van der Waals surface area (Å²) in [5.74, 6) is -0.593. The molecule has 0 radical (unpaired) electrons. The van der Waals surface area contributed by atoms with Crippen LogP contribution in [0, 0.1) is 0 Å². The maximum absolute atomic E-state index is 12.6. The van der Waals surface area contributed by atoms with E-state index >= 15 is 0 Å². The van der Waals surface area contributed by atoms with Gasteiger partial charge in [-0.1, -0.05) is 0 Å². The SMILES string of the molecule is O=C(NCc1cn[nH]c1)c1cc(C(F)(F)F)ccc1Br. The average Bonchev–Trinajstić information content (AvgIpc) is 2.88. The Balaban J connectivity index is 2.16. The number of amides is 1. The van der Waals surface area contributed by atoms with E-state index in [2.05, 4.69) is 31.4 Å². The third-order valence-corrected chi connectivity index (χ3v) is 3.24. The minimum Gasteiger partial charge on any atom is -0.348 e. The maximum atomic E-state index is 12.6. The number of carbonyl (C=O) groups excluding carboxylic acids is 1. The Hall–Kier alpha value is -1.83. The number of halogens is 4. The summed E-state index contributed by atoms with van der Waals surface area (Å²) in [6.07, 6.45) is -1.39. The van der Waals surface area contributed by atoms with Gasteiger partial charge in [-0.15, -0.1) is 0 Å². The highest BCUT2D eigenvalue weighted by molar-refractivity contribution is 9.10. The monoisotopic (exact) mass is 347 g/mol. The van der Waals surface area contributed by atoms with Gasteiger partial charge in [0.1, 0.15) is 0 Å². The van der Waals surface area contributed by atoms with E-state index in [1.54, 1.807) is 6.20 Å². The summed E-state index contributed by atoms with van der Waals surface area (Å²) in [5.41, 5.74) is -0.209. The second kappa shape index (κ2) is 5.66. The van der Waals surface area contributed by atoms with Crippen LogP contribution in [-0.4, -0.2) is 16.1 Å². The number of nitrogens with zero attached hydrogens (tertiary/aromatic N) is 1. The number of nitrogens with one attached hydrogen (secondary N) is 2. The van der Waals surface area contributed by atoms with Crippen LogP contribution < -0.4 is 5.32 Å². The van der Waals surface area contributed by atoms with Crippen molar-refractivity contribution in [2.75, 3.05) is 0 Å². The van der Waals surface area contributed by atoms with Crippen LogP contribution in [0.25, 0.3) is 0 Å². The summed E-state index contributed by atoms with van der Waals surface area (Å²) in [7, 11) is 0. The number of alkyl halides is 3. The molecule has 0 unspecified atom stereocenters. The van der Waals surface area contributed by atoms with Crippen LogP contribution in [0.4, 0.5) is 13.2 Å². The lowest BCUT2D eigenvalue weighted by molar-refractivity contribution is -0.137. The third-order valence-electron chi connectivity index (χ3n) is 2.55. The minimum absolute atomic E-state index is 0.0664. The van der Waals surface area contributed by atoms with Crippen LogP contribution in [0.3, 0.4) is 0 Å². The molecule has 2 N–H and O–H groups in total. The first-order valence-electron chi connectivity index (χ1n) is 5.50. The first-order chi connectivity index (χ1) is 9.38. The van der Waals surface area contributed by atoms with E-state index in [1.807, 2.05) is 0 Å². The Morgan fingerprint density at radius 3 is 2.75 bits per heavy atom. The molecule has 106 valence electrons. The normalized spacial score (nSPS) is 11.4. The summed E-state index contributed by atoms with van der Waals surface area (Å²) in [6.45, 7) is 0.179. The molecule has 8 heteroatoms. The fraction of sp³-hybridized carbons (Fsp3) is 0.167. The third kappa shape index (κ3) is 3.38. The van der Waals surface area contributed by atoms with E-state index in [1.165, 1.54) is 12.3 Å². The van der Waals surface area contributed by atoms with E-state index in [9.17, 15) is 18.0 Å². The van der Waals surface area contributed by atoms with Gasteiger partial charge in [0.25, 0.3) is 5.91 Å². The topological polar surface area (TPSA) is 57.8 Å². The number of aromatic nitrogens is 2. The van der Waals surface area contributed by atoms with Crippen molar-refractivity contribution in [1.82, 2.24) is 15.5 Å². The van der Waals surface area contributed by atoms with E-state index < -0.39 is 17.6 Å². The summed E-state index contributed by atoms with van der Waals surface area (Å²) in [6, 6.07) is 2.93. The van der Waals surface area contributed by atoms with Gasteiger partial charge in [-0.2, -0.15) is 18.3 Å². The minimum atomic E-state index is -4.49. The standard InChI is InChI=1S/C12H9BrF3N3O/c13-10-2-1-8(12(14,15)16)3-9(10)11(20)17-4-7-5-18-19-6-7/h1-3,5-6H,4H2,(H,17,20)(H,18,19). The van der Waals surface area contributed by atoms with Crippen LogP contribution in [0.15, 0.2) is 35.1 Å². The molecule has 0 atom stereocenters. The Morgan fingerprint density at radius 2 is 2.15 bits per heavy atom. The molecule has 0 saturated carbocycles. The van der Waals surface area contributed by atoms with Crippen molar-refractivity contribution >= 4 is 21.8 Å². The number of H-pyrrole nitrogens is 1. The lowest BCUT2D eigenvalue weighted by Crippen LogP contribution is -2.23. The van der Waals surface area contributed by atoms with Gasteiger partial charge in [0, 0.05) is 22.8 Å². The lowest BCUT2D eigenvalue weighted by Gasteiger charge is -2.10. The first kappa shape index (κ1) is 14.6. The van der Waals surface area contributed by atoms with Crippen molar-refractivity contribution in [3.63, 3.8) is 0 Å². The quantitative estimate of drug-likeness (QED) is 0.896. The van der Waals surface area contributed by atoms with E-state index in [0.717, 1.165) is 17.7 Å². The van der Waals surface area contributed by atoms with Crippen LogP contribution in [0.2, 0.25) is 0 Å². The molecule has 0 fully saturated rings. The second-order valence-corrected chi connectivity index (χ2v) is 4.84. The highest BCUT2D eigenvalue weighted by atomic mass is 79.9. The van der Waals surface area contributed by atoms with Crippen LogP contribution in [0.1, 0.15) is 21.5 Å². The fourth-order valence-electron chi connectivity index (χ4n) is 1.53. The largest absolute Gasteiger partial charge is 0.416 e. The number of aromatic amines is 1. The molecular formula is C12H9BrF3N3O. The zero-order valence-corrected chi connectivity index (χ0v) is 11.5. The first-order valence-corrected chi connectivity index (χ1v) is 6.30. The summed E-state index contributed by atoms with van der Waals surface area (Å²) >= 11 is 3.07. The summed E-state index contributed by atoms with van der Waals surface area (Å²) in [4.78, 5) is 11.9. The Morgan fingerprint density at radius 1 is 1.40 bits per heavy atom. The van der Waals surface area contributed by atoms with E-state index in [-0.39, 0.29) is 12.1 Å². The number of rotatable bonds is 3. The van der Waals surface area contributed by atoms with Crippen LogP contribution in [0.5, 0.6) is 0 Å². The smallest absolute Gasteiger partial charge is 0.348 e. The van der Waals surface area contributed by atoms with Crippen LogP contribution >= 0.6 is 15.9 Å². The molecule has 0 aliphatic carbocycles. The Labute approximate surface area is 120 Å². The molecule has 1 amide bonds. The highest BCUT2D eigenvalue weighted by Crippen LogP contribution is 2.31. The van der Waals surface area contributed by atoms with Gasteiger partial charge < -0.3 is 5.32 Å². The molecule has 0 aliphatic heterocycles. The van der Waals surface area contributed by atoms with E-state index in [0.29, 0.717) is 4.47 Å². The molecule has 2 aromatic rings. The molecule has 2 rings (SSSR count). The lowest BCUT2D eigenvalue weighted by atomic mass is 10.1. The Kier molecular flexibility index (Phi) is 4.12. The molecule has 1 aromatic carbocycles. The summed E-state index contributed by atoms with van der Waals surface area (Å²) in [5, 5.41) is 8.80. The van der Waals surface area contributed by atoms with Crippen molar-refractivity contribution in [3.8, 4) is 0 Å². The van der Waals surface area contributed by atoms with Gasteiger partial charge in [0.2, 0.25) is 0 Å². The highest BCUT2D eigenvalue weighted by Gasteiger charge is 2.31. The molecule has 0 spiro atoms. The van der Waals surface area contributed by atoms with Gasteiger partial charge >= 0.3 is 6.18 Å². The zero-order valence-electron chi connectivity index (χ0n) is 9.96. The number of carbonyl (C=O) groups is 1. The van der Waals surface area contributed by atoms with Gasteiger partial charge in [0.15, 0.2) is 0 Å². The van der Waals surface area contributed by atoms with Crippen molar-refractivity contribution in [1.29, 1.82) is 0 Å². The van der Waals surface area contributed by atoms with Crippen molar-refractivity contribution < 1.29 is 18.0 Å². The predicted molar refractivity (Wildman–Crippen MR) is 68.9 cm³/mol. The molecule has 4 nitrogen and oxygen atoms in total. The molecule has 20 heavy (non-hydrogen) atoms. The maximum Gasteiger partial charge on any atom is 0.416 e. The number of hydrogen-bond donors (Lipinski definition) is 2. The fourth-order valence-corrected chi connectivity index (χ4v) is 1.95. The van der Waals surface area contributed by atoms with Gasteiger partial charge in [0.05, 0.1) is 17.3 Å². The van der Waals surface area contributed by atoms with Gasteiger partial charge in [-0.25, -0.2) is 0 Å². The van der Waals surface area contributed by atoms with Crippen molar-refractivity contribution in [2.24, 2.45) is 0 Å². The molecule has 1 aromatic heterocycles. The second-order valence-electron chi connectivity index (χ2n) is 3.98. The zero-order chi connectivity index (χ0) is 14.8. The molecule has 0 bridgehead atoms. The predicted octanol–water partition coefficient (Wildman–Crippen LogP) is 3.12. The molecule has 0 saturated heterocycles. The number of hydrogen-bond acceptors (Lipinski definition) is 2. The van der Waals surface area contributed by atoms with Crippen molar-refractivity contribution in [3.05, 3.63) is 51.8 Å². The number of benzene rings is 1. The van der Waals surface area contributed by atoms with E-state index in [4.69, 9.17) is 0 Å². The van der Waals surface area contributed by atoms with Gasteiger partial charge in [-0.3, -0.25) is 9.89 Å². The summed E-state index contributed by atoms with van der Waals surface area (Å²) < 4.78 is 38.1. The molecule has 1 heterocycles. The molecular weight excluding hydrogens is 339 g/mol.